The fraction of sp³-hybridized carbons (Fsp3) is 0.350. The number of thioether (sulfide) groups is 1. The van der Waals surface area contributed by atoms with Crippen molar-refractivity contribution in [1.29, 1.82) is 0 Å². The lowest BCUT2D eigenvalue weighted by Gasteiger charge is -2.14. The lowest BCUT2D eigenvalue weighted by Crippen LogP contribution is -2.36. The average molecular weight is 429 g/mol. The van der Waals surface area contributed by atoms with Crippen LogP contribution in [-0.2, 0) is 11.3 Å². The van der Waals surface area contributed by atoms with Gasteiger partial charge in [0.1, 0.15) is 0 Å². The van der Waals surface area contributed by atoms with Gasteiger partial charge in [-0.1, -0.05) is 23.9 Å². The van der Waals surface area contributed by atoms with Crippen LogP contribution in [0.2, 0.25) is 0 Å². The Hall–Kier alpha value is -2.98. The van der Waals surface area contributed by atoms with Crippen molar-refractivity contribution in [1.82, 2.24) is 20.2 Å². The molecule has 1 aliphatic heterocycles. The molecule has 9 nitrogen and oxygen atoms in total. The van der Waals surface area contributed by atoms with Gasteiger partial charge in [0.05, 0.1) is 29.2 Å². The quantitative estimate of drug-likeness (QED) is 0.546. The molecular weight excluding hydrogens is 404 g/mol. The summed E-state index contributed by atoms with van der Waals surface area (Å²) in [6.45, 7) is 2.88. The van der Waals surface area contributed by atoms with E-state index in [0.29, 0.717) is 24.2 Å². The minimum atomic E-state index is -0.953. The van der Waals surface area contributed by atoms with Crippen LogP contribution in [0.25, 0.3) is 0 Å². The number of hydrogen-bond acceptors (Lipinski definition) is 8. The van der Waals surface area contributed by atoms with E-state index in [-0.39, 0.29) is 22.8 Å². The van der Waals surface area contributed by atoms with Crippen LogP contribution in [0.3, 0.4) is 0 Å². The number of aromatic carboxylic acids is 1. The number of aromatic nitrogens is 2. The van der Waals surface area contributed by atoms with Gasteiger partial charge in [0.15, 0.2) is 5.04 Å². The van der Waals surface area contributed by atoms with Crippen molar-refractivity contribution in [3.63, 3.8) is 0 Å². The molecule has 0 radical (unpaired) electrons. The van der Waals surface area contributed by atoms with Crippen molar-refractivity contribution >= 4 is 34.6 Å². The Bertz CT molecular complexity index is 948. The van der Waals surface area contributed by atoms with Crippen LogP contribution in [0.5, 0.6) is 0 Å². The number of amides is 1. The lowest BCUT2D eigenvalue weighted by molar-refractivity contribution is -0.115. The molecule has 3 N–H and O–H groups in total. The average Bonchev–Trinajstić information content (AvgIpc) is 3.12. The van der Waals surface area contributed by atoms with Crippen LogP contribution >= 0.6 is 11.8 Å². The second-order valence-electron chi connectivity index (χ2n) is 7.12. The van der Waals surface area contributed by atoms with Gasteiger partial charge in [-0.15, -0.1) is 0 Å². The van der Waals surface area contributed by atoms with Crippen LogP contribution in [0.15, 0.2) is 41.5 Å². The molecule has 1 aromatic carbocycles. The number of anilines is 1. The monoisotopic (exact) mass is 428 g/mol. The molecule has 0 fully saturated rings. The summed E-state index contributed by atoms with van der Waals surface area (Å²) in [4.78, 5) is 38.4. The minimum Gasteiger partial charge on any atom is -0.478 e. The highest BCUT2D eigenvalue weighted by Gasteiger charge is 2.32. The highest BCUT2D eigenvalue weighted by molar-refractivity contribution is 8.16. The van der Waals surface area contributed by atoms with E-state index in [2.05, 4.69) is 25.6 Å². The summed E-state index contributed by atoms with van der Waals surface area (Å²) in [6, 6.07) is 8.38. The summed E-state index contributed by atoms with van der Waals surface area (Å²) in [5.41, 5.74) is 1.96. The number of carboxylic acids is 1. The van der Waals surface area contributed by atoms with Crippen LogP contribution in [0.4, 0.5) is 5.95 Å². The number of aliphatic imine (C=N–C) groups is 1. The maximum Gasteiger partial charge on any atom is 0.335 e. The molecular formula is C20H24N6O3S. The normalized spacial score (nSPS) is 18.2. The Labute approximate surface area is 179 Å². The SMILES string of the molecule is CC1N=C(C(=O)NCN(C)C)SC1c1ccnc(NCc2ccc(C(=O)O)cc2)n1. The van der Waals surface area contributed by atoms with Gasteiger partial charge in [-0.25, -0.2) is 14.8 Å². The van der Waals surface area contributed by atoms with Crippen molar-refractivity contribution in [3.8, 4) is 0 Å². The highest BCUT2D eigenvalue weighted by Crippen LogP contribution is 2.39. The Morgan fingerprint density at radius 1 is 1.20 bits per heavy atom. The predicted molar refractivity (Wildman–Crippen MR) is 117 cm³/mol. The molecule has 2 aromatic rings. The van der Waals surface area contributed by atoms with Gasteiger partial charge in [0.25, 0.3) is 5.91 Å². The molecule has 1 amide bonds. The van der Waals surface area contributed by atoms with Crippen molar-refractivity contribution in [3.05, 3.63) is 53.3 Å². The number of carbonyl (C=O) groups excluding carboxylic acids is 1. The molecule has 1 aliphatic rings. The summed E-state index contributed by atoms with van der Waals surface area (Å²) in [6.07, 6.45) is 1.68. The fourth-order valence-electron chi connectivity index (χ4n) is 2.79. The third-order valence-electron chi connectivity index (χ3n) is 4.37. The van der Waals surface area contributed by atoms with E-state index in [0.717, 1.165) is 11.3 Å². The molecule has 0 saturated carbocycles. The zero-order valence-corrected chi connectivity index (χ0v) is 17.8. The molecule has 0 spiro atoms. The molecule has 3 rings (SSSR count). The predicted octanol–water partition coefficient (Wildman–Crippen LogP) is 2.00. The lowest BCUT2D eigenvalue weighted by atomic mass is 10.1. The number of benzene rings is 1. The summed E-state index contributed by atoms with van der Waals surface area (Å²) < 4.78 is 0. The third-order valence-corrected chi connectivity index (χ3v) is 5.77. The summed E-state index contributed by atoms with van der Waals surface area (Å²) >= 11 is 1.40. The standard InChI is InChI=1S/C20H24N6O3S/c1-12-16(30-18(24-12)17(27)23-11-26(2)3)15-8-9-21-20(25-15)22-10-13-4-6-14(7-5-13)19(28)29/h4-9,12,16H,10-11H2,1-3H3,(H,23,27)(H,28,29)(H,21,22,25). The Balaban J connectivity index is 1.61. The Kier molecular flexibility index (Phi) is 7.01. The number of nitrogens with one attached hydrogen (secondary N) is 2. The summed E-state index contributed by atoms with van der Waals surface area (Å²) in [7, 11) is 3.76. The second kappa shape index (κ2) is 9.68. The molecule has 1 aromatic heterocycles. The maximum absolute atomic E-state index is 12.3. The zero-order valence-electron chi connectivity index (χ0n) is 17.0. The smallest absolute Gasteiger partial charge is 0.335 e. The molecule has 0 aliphatic carbocycles. The van der Waals surface area contributed by atoms with Crippen molar-refractivity contribution in [2.24, 2.45) is 4.99 Å². The van der Waals surface area contributed by atoms with E-state index < -0.39 is 5.97 Å². The van der Waals surface area contributed by atoms with E-state index in [4.69, 9.17) is 5.11 Å². The van der Waals surface area contributed by atoms with Gasteiger partial charge in [0.2, 0.25) is 5.95 Å². The molecule has 30 heavy (non-hydrogen) atoms. The number of carbonyl (C=O) groups is 2. The number of hydrogen-bond donors (Lipinski definition) is 3. The zero-order chi connectivity index (χ0) is 21.7. The molecule has 0 bridgehead atoms. The Morgan fingerprint density at radius 2 is 1.93 bits per heavy atom. The molecule has 2 atom stereocenters. The van der Waals surface area contributed by atoms with Crippen molar-refractivity contribution in [2.45, 2.75) is 24.8 Å². The van der Waals surface area contributed by atoms with Crippen molar-refractivity contribution < 1.29 is 14.7 Å². The second-order valence-corrected chi connectivity index (χ2v) is 8.25. The summed E-state index contributed by atoms with van der Waals surface area (Å²) in [5, 5.41) is 15.4. The summed E-state index contributed by atoms with van der Waals surface area (Å²) in [5.74, 6) is -0.668. The molecule has 158 valence electrons. The molecule has 0 saturated heterocycles. The van der Waals surface area contributed by atoms with E-state index in [1.165, 1.54) is 11.8 Å². The van der Waals surface area contributed by atoms with E-state index in [9.17, 15) is 9.59 Å². The number of carboxylic acid groups (broad SMARTS) is 1. The van der Waals surface area contributed by atoms with Crippen LogP contribution in [0, 0.1) is 0 Å². The van der Waals surface area contributed by atoms with E-state index in [1.807, 2.05) is 32.0 Å². The first-order chi connectivity index (χ1) is 14.3. The number of nitrogens with zero attached hydrogens (tertiary/aromatic N) is 4. The minimum absolute atomic E-state index is 0.0662. The van der Waals surface area contributed by atoms with Crippen LogP contribution in [0.1, 0.15) is 33.8 Å². The fourth-order valence-corrected chi connectivity index (χ4v) is 3.95. The first-order valence-electron chi connectivity index (χ1n) is 9.40. The number of rotatable bonds is 8. The first-order valence-corrected chi connectivity index (χ1v) is 10.3. The van der Waals surface area contributed by atoms with E-state index >= 15 is 0 Å². The molecule has 2 heterocycles. The van der Waals surface area contributed by atoms with Gasteiger partial charge >= 0.3 is 5.97 Å². The van der Waals surface area contributed by atoms with Gasteiger partial charge in [-0.05, 0) is 44.8 Å². The van der Waals surface area contributed by atoms with Gasteiger partial charge < -0.3 is 15.7 Å². The van der Waals surface area contributed by atoms with E-state index in [1.54, 1.807) is 30.5 Å². The highest BCUT2D eigenvalue weighted by atomic mass is 32.2. The molecule has 10 heteroatoms. The first kappa shape index (κ1) is 21.7. The third kappa shape index (κ3) is 5.55. The van der Waals surface area contributed by atoms with Gasteiger partial charge in [-0.2, -0.15) is 0 Å². The molecule has 2 unspecified atom stereocenters. The van der Waals surface area contributed by atoms with Crippen LogP contribution < -0.4 is 10.6 Å². The van der Waals surface area contributed by atoms with Gasteiger partial charge in [-0.3, -0.25) is 14.7 Å². The van der Waals surface area contributed by atoms with Gasteiger partial charge in [0, 0.05) is 12.7 Å². The topological polar surface area (TPSA) is 120 Å². The Morgan fingerprint density at radius 3 is 2.60 bits per heavy atom. The maximum atomic E-state index is 12.3. The largest absolute Gasteiger partial charge is 0.478 e. The van der Waals surface area contributed by atoms with Crippen LogP contribution in [-0.4, -0.2) is 63.7 Å². The van der Waals surface area contributed by atoms with Crippen molar-refractivity contribution in [2.75, 3.05) is 26.1 Å².